The van der Waals surface area contributed by atoms with Crippen LogP contribution in [0, 0.1) is 0 Å². The normalized spacial score (nSPS) is 10.4. The van der Waals surface area contributed by atoms with Crippen molar-refractivity contribution >= 4 is 21.9 Å². The van der Waals surface area contributed by atoms with Crippen molar-refractivity contribution in [3.05, 3.63) is 59.2 Å². The molecule has 0 radical (unpaired) electrons. The molecule has 2 nitrogen and oxygen atoms in total. The highest BCUT2D eigenvalue weighted by Crippen LogP contribution is 2.30. The lowest BCUT2D eigenvalue weighted by atomic mass is 9.91. The average Bonchev–Trinajstić information content (AvgIpc) is 2.46. The quantitative estimate of drug-likeness (QED) is 0.842. The topological polar surface area (TPSA) is 37.3 Å². The molecule has 0 aliphatic heterocycles. The van der Waals surface area contributed by atoms with Gasteiger partial charge in [-0.3, -0.25) is 0 Å². The van der Waals surface area contributed by atoms with Crippen LogP contribution in [0.15, 0.2) is 42.5 Å². The maximum Gasteiger partial charge on any atom is 0.336 e. The summed E-state index contributed by atoms with van der Waals surface area (Å²) in [5.74, 6) is -0.862. The molecule has 19 heavy (non-hydrogen) atoms. The van der Waals surface area contributed by atoms with Crippen molar-refractivity contribution in [2.24, 2.45) is 0 Å². The van der Waals surface area contributed by atoms with Crippen molar-refractivity contribution < 1.29 is 9.90 Å². The Morgan fingerprint density at radius 2 is 1.84 bits per heavy atom. The van der Waals surface area contributed by atoms with Crippen molar-refractivity contribution in [3.63, 3.8) is 0 Å². The molecule has 3 heteroatoms. The molecule has 0 aromatic heterocycles. The van der Waals surface area contributed by atoms with Crippen LogP contribution in [0.2, 0.25) is 0 Å². The molecule has 0 saturated heterocycles. The van der Waals surface area contributed by atoms with E-state index in [2.05, 4.69) is 15.9 Å². The highest BCUT2D eigenvalue weighted by Gasteiger charge is 2.18. The van der Waals surface area contributed by atoms with Gasteiger partial charge in [-0.25, -0.2) is 4.79 Å². The van der Waals surface area contributed by atoms with Crippen LogP contribution in [-0.2, 0) is 11.8 Å². The molecule has 0 spiro atoms. The number of rotatable bonds is 4. The van der Waals surface area contributed by atoms with Gasteiger partial charge in [0.05, 0.1) is 5.56 Å². The Morgan fingerprint density at radius 1 is 1.16 bits per heavy atom. The van der Waals surface area contributed by atoms with Gasteiger partial charge in [0.2, 0.25) is 0 Å². The molecule has 2 aromatic carbocycles. The fourth-order valence-corrected chi connectivity index (χ4v) is 2.85. The number of hydrogen-bond acceptors (Lipinski definition) is 1. The van der Waals surface area contributed by atoms with E-state index in [-0.39, 0.29) is 0 Å². The summed E-state index contributed by atoms with van der Waals surface area (Å²) in [6.07, 6.45) is 0.712. The lowest BCUT2D eigenvalue weighted by molar-refractivity contribution is 0.0696. The van der Waals surface area contributed by atoms with E-state index in [1.54, 1.807) is 0 Å². The second-order valence-corrected chi connectivity index (χ2v) is 4.84. The Kier molecular flexibility index (Phi) is 4.38. The Bertz CT molecular complexity index is 591. The molecule has 0 aliphatic carbocycles. The standard InChI is InChI=1S/C16H15BrO2/c1-2-13-12(10-17)8-9-14(15(13)16(18)19)11-6-4-3-5-7-11/h3-9H,2,10H2,1H3,(H,18,19). The van der Waals surface area contributed by atoms with E-state index in [9.17, 15) is 9.90 Å². The molecule has 0 atom stereocenters. The fraction of sp³-hybridized carbons (Fsp3) is 0.188. The minimum atomic E-state index is -0.862. The Labute approximate surface area is 121 Å². The van der Waals surface area contributed by atoms with Gasteiger partial charge in [-0.1, -0.05) is 65.3 Å². The number of alkyl halides is 1. The predicted octanol–water partition coefficient (Wildman–Crippen LogP) is 4.51. The van der Waals surface area contributed by atoms with Crippen LogP contribution >= 0.6 is 15.9 Å². The van der Waals surface area contributed by atoms with Gasteiger partial charge in [-0.15, -0.1) is 0 Å². The predicted molar refractivity (Wildman–Crippen MR) is 80.8 cm³/mol. The lowest BCUT2D eigenvalue weighted by Gasteiger charge is -2.14. The van der Waals surface area contributed by atoms with Gasteiger partial charge < -0.3 is 5.11 Å². The van der Waals surface area contributed by atoms with Crippen LogP contribution in [0.4, 0.5) is 0 Å². The van der Waals surface area contributed by atoms with Crippen molar-refractivity contribution in [1.29, 1.82) is 0 Å². The average molecular weight is 319 g/mol. The summed E-state index contributed by atoms with van der Waals surface area (Å²) in [7, 11) is 0. The van der Waals surface area contributed by atoms with Gasteiger partial charge in [0.1, 0.15) is 0 Å². The van der Waals surface area contributed by atoms with E-state index >= 15 is 0 Å². The summed E-state index contributed by atoms with van der Waals surface area (Å²) >= 11 is 3.42. The maximum atomic E-state index is 11.6. The maximum absolute atomic E-state index is 11.6. The van der Waals surface area contributed by atoms with Gasteiger partial charge in [0.25, 0.3) is 0 Å². The molecule has 0 aliphatic rings. The molecular weight excluding hydrogens is 304 g/mol. The van der Waals surface area contributed by atoms with E-state index in [0.29, 0.717) is 17.3 Å². The summed E-state index contributed by atoms with van der Waals surface area (Å²) in [6.45, 7) is 1.99. The van der Waals surface area contributed by atoms with E-state index in [0.717, 1.165) is 22.3 Å². The SMILES string of the molecule is CCc1c(CBr)ccc(-c2ccccc2)c1C(=O)O. The molecule has 0 bridgehead atoms. The smallest absolute Gasteiger partial charge is 0.336 e. The minimum absolute atomic E-state index is 0.422. The van der Waals surface area contributed by atoms with Crippen LogP contribution in [0.1, 0.15) is 28.4 Å². The fourth-order valence-electron chi connectivity index (χ4n) is 2.32. The number of carboxylic acids is 1. The monoisotopic (exact) mass is 318 g/mol. The van der Waals surface area contributed by atoms with Crippen LogP contribution in [0.5, 0.6) is 0 Å². The van der Waals surface area contributed by atoms with E-state index in [1.165, 1.54) is 0 Å². The van der Waals surface area contributed by atoms with Gasteiger partial charge in [-0.05, 0) is 28.7 Å². The molecule has 2 aromatic rings. The highest BCUT2D eigenvalue weighted by atomic mass is 79.9. The number of aromatic carboxylic acids is 1. The summed E-state index contributed by atoms with van der Waals surface area (Å²) in [5, 5.41) is 10.2. The van der Waals surface area contributed by atoms with Crippen molar-refractivity contribution in [3.8, 4) is 11.1 Å². The number of hydrogen-bond donors (Lipinski definition) is 1. The molecule has 0 saturated carbocycles. The molecule has 0 amide bonds. The Hall–Kier alpha value is -1.61. The zero-order valence-corrected chi connectivity index (χ0v) is 12.3. The number of carboxylic acid groups (broad SMARTS) is 1. The first kappa shape index (κ1) is 13.8. The van der Waals surface area contributed by atoms with Crippen LogP contribution in [0.25, 0.3) is 11.1 Å². The highest BCUT2D eigenvalue weighted by molar-refractivity contribution is 9.08. The number of halogens is 1. The first-order chi connectivity index (χ1) is 9.19. The molecular formula is C16H15BrO2. The molecule has 1 N–H and O–H groups in total. The van der Waals surface area contributed by atoms with E-state index < -0.39 is 5.97 Å². The molecule has 0 unspecified atom stereocenters. The summed E-state index contributed by atoms with van der Waals surface area (Å²) in [6, 6.07) is 13.6. The summed E-state index contributed by atoms with van der Waals surface area (Å²) in [5.41, 5.74) is 4.10. The first-order valence-corrected chi connectivity index (χ1v) is 7.30. The molecule has 98 valence electrons. The van der Waals surface area contributed by atoms with Gasteiger partial charge >= 0.3 is 5.97 Å². The minimum Gasteiger partial charge on any atom is -0.478 e. The van der Waals surface area contributed by atoms with E-state index in [4.69, 9.17) is 0 Å². The largest absolute Gasteiger partial charge is 0.478 e. The first-order valence-electron chi connectivity index (χ1n) is 6.18. The zero-order chi connectivity index (χ0) is 13.8. The van der Waals surface area contributed by atoms with Crippen LogP contribution in [-0.4, -0.2) is 11.1 Å². The number of benzene rings is 2. The van der Waals surface area contributed by atoms with Crippen LogP contribution < -0.4 is 0 Å². The summed E-state index contributed by atoms with van der Waals surface area (Å²) < 4.78 is 0. The van der Waals surface area contributed by atoms with E-state index in [1.807, 2.05) is 49.4 Å². The Morgan fingerprint density at radius 3 is 2.37 bits per heavy atom. The number of carbonyl (C=O) groups is 1. The lowest BCUT2D eigenvalue weighted by Crippen LogP contribution is -2.07. The second kappa shape index (κ2) is 6.02. The van der Waals surface area contributed by atoms with Gasteiger partial charge in [-0.2, -0.15) is 0 Å². The van der Waals surface area contributed by atoms with Crippen molar-refractivity contribution in [1.82, 2.24) is 0 Å². The second-order valence-electron chi connectivity index (χ2n) is 4.28. The third-order valence-electron chi connectivity index (χ3n) is 3.21. The zero-order valence-electron chi connectivity index (χ0n) is 10.7. The molecule has 2 rings (SSSR count). The third kappa shape index (κ3) is 2.71. The van der Waals surface area contributed by atoms with Gasteiger partial charge in [0.15, 0.2) is 0 Å². The molecule has 0 heterocycles. The summed E-state index contributed by atoms with van der Waals surface area (Å²) in [4.78, 5) is 11.6. The van der Waals surface area contributed by atoms with Crippen LogP contribution in [0.3, 0.4) is 0 Å². The third-order valence-corrected chi connectivity index (χ3v) is 3.81. The van der Waals surface area contributed by atoms with Gasteiger partial charge in [0, 0.05) is 5.33 Å². The van der Waals surface area contributed by atoms with Crippen molar-refractivity contribution in [2.75, 3.05) is 0 Å². The molecule has 0 fully saturated rings. The Balaban J connectivity index is 2.72. The van der Waals surface area contributed by atoms with Crippen molar-refractivity contribution in [2.45, 2.75) is 18.7 Å².